The van der Waals surface area contributed by atoms with Crippen LogP contribution in [0.2, 0.25) is 0 Å². The van der Waals surface area contributed by atoms with E-state index in [1.54, 1.807) is 11.3 Å². The van der Waals surface area contributed by atoms with Crippen molar-refractivity contribution in [3.8, 4) is 0 Å². The molecule has 0 radical (unpaired) electrons. The van der Waals surface area contributed by atoms with Crippen molar-refractivity contribution in [1.82, 2.24) is 4.90 Å². The molecule has 1 aliphatic heterocycles. The maximum Gasteiger partial charge on any atom is 0.264 e. The van der Waals surface area contributed by atoms with E-state index in [0.717, 1.165) is 37.2 Å². The van der Waals surface area contributed by atoms with Crippen molar-refractivity contribution < 1.29 is 4.79 Å². The molecule has 100 valence electrons. The molecule has 0 aromatic carbocycles. The van der Waals surface area contributed by atoms with Gasteiger partial charge in [0.25, 0.3) is 5.91 Å². The van der Waals surface area contributed by atoms with Crippen LogP contribution in [0.4, 0.5) is 0 Å². The summed E-state index contributed by atoms with van der Waals surface area (Å²) >= 11 is 1.56. The largest absolute Gasteiger partial charge is 0.338 e. The average Bonchev–Trinajstić information content (AvgIpc) is 2.86. The summed E-state index contributed by atoms with van der Waals surface area (Å²) in [5.41, 5.74) is 7.14. The maximum absolute atomic E-state index is 12.5. The van der Waals surface area contributed by atoms with E-state index < -0.39 is 0 Å². The number of nitrogens with zero attached hydrogens (tertiary/aromatic N) is 1. The van der Waals surface area contributed by atoms with Gasteiger partial charge in [0.15, 0.2) is 0 Å². The normalized spacial score (nSPS) is 21.9. The van der Waals surface area contributed by atoms with Crippen LogP contribution in [0.3, 0.4) is 0 Å². The van der Waals surface area contributed by atoms with E-state index in [-0.39, 0.29) is 11.9 Å². The van der Waals surface area contributed by atoms with Crippen LogP contribution in [0.5, 0.6) is 0 Å². The molecule has 0 saturated carbocycles. The molecule has 0 bridgehead atoms. The number of hydrogen-bond acceptors (Lipinski definition) is 3. The smallest absolute Gasteiger partial charge is 0.264 e. The van der Waals surface area contributed by atoms with Crippen molar-refractivity contribution in [3.05, 3.63) is 21.9 Å². The third-order valence-electron chi connectivity index (χ3n) is 3.81. The maximum atomic E-state index is 12.5. The molecule has 4 heteroatoms. The third-order valence-corrected chi connectivity index (χ3v) is 4.76. The lowest BCUT2D eigenvalue weighted by molar-refractivity contribution is 0.0665. The summed E-state index contributed by atoms with van der Waals surface area (Å²) in [6.45, 7) is 5.84. The minimum absolute atomic E-state index is 0.176. The number of aryl methyl sites for hydroxylation is 1. The van der Waals surface area contributed by atoms with Gasteiger partial charge in [0.05, 0.1) is 4.88 Å². The second-order valence-corrected chi connectivity index (χ2v) is 6.06. The van der Waals surface area contributed by atoms with E-state index in [4.69, 9.17) is 5.73 Å². The molecule has 1 saturated heterocycles. The Bertz CT molecular complexity index is 414. The first-order chi connectivity index (χ1) is 8.63. The van der Waals surface area contributed by atoms with Crippen LogP contribution in [0.15, 0.2) is 11.4 Å². The first kappa shape index (κ1) is 13.6. The molecule has 0 unspecified atom stereocenters. The highest BCUT2D eigenvalue weighted by atomic mass is 32.1. The van der Waals surface area contributed by atoms with E-state index in [1.165, 1.54) is 5.56 Å². The second kappa shape index (κ2) is 5.85. The summed E-state index contributed by atoms with van der Waals surface area (Å²) in [5.74, 6) is 0.653. The molecule has 1 aromatic heterocycles. The Kier molecular flexibility index (Phi) is 4.40. The fourth-order valence-corrected chi connectivity index (χ4v) is 3.53. The van der Waals surface area contributed by atoms with E-state index in [1.807, 2.05) is 17.2 Å². The summed E-state index contributed by atoms with van der Waals surface area (Å²) in [7, 11) is 0. The molecule has 1 aliphatic rings. The fourth-order valence-electron chi connectivity index (χ4n) is 2.57. The van der Waals surface area contributed by atoms with Gasteiger partial charge in [-0.15, -0.1) is 11.3 Å². The molecule has 2 rings (SSSR count). The highest BCUT2D eigenvalue weighted by Crippen LogP contribution is 2.24. The van der Waals surface area contributed by atoms with Gasteiger partial charge in [-0.1, -0.05) is 6.92 Å². The number of likely N-dealkylation sites (tertiary alicyclic amines) is 1. The van der Waals surface area contributed by atoms with Gasteiger partial charge in [-0.05, 0) is 49.1 Å². The van der Waals surface area contributed by atoms with Crippen LogP contribution < -0.4 is 5.73 Å². The Balaban J connectivity index is 2.09. The summed E-state index contributed by atoms with van der Waals surface area (Å²) in [4.78, 5) is 15.4. The standard InChI is InChI=1S/C14H22N2OS/c1-3-11-6-8-18-13(11)14(17)16-7-4-5-12(9-16)10(2)15/h6,8,10,12H,3-5,7,9,15H2,1-2H3/t10-,12-/m0/s1. The minimum atomic E-state index is 0.176. The van der Waals surface area contributed by atoms with Crippen LogP contribution in [0.1, 0.15) is 41.9 Å². The number of thiophene rings is 1. The highest BCUT2D eigenvalue weighted by molar-refractivity contribution is 7.12. The van der Waals surface area contributed by atoms with Gasteiger partial charge in [-0.25, -0.2) is 0 Å². The number of piperidine rings is 1. The average molecular weight is 266 g/mol. The Morgan fingerprint density at radius 3 is 3.11 bits per heavy atom. The molecule has 0 spiro atoms. The molecular weight excluding hydrogens is 244 g/mol. The molecule has 2 atom stereocenters. The van der Waals surface area contributed by atoms with Crippen molar-refractivity contribution in [2.45, 2.75) is 39.2 Å². The zero-order valence-corrected chi connectivity index (χ0v) is 12.0. The number of carbonyl (C=O) groups excluding carboxylic acids is 1. The lowest BCUT2D eigenvalue weighted by Crippen LogP contribution is -2.45. The van der Waals surface area contributed by atoms with Crippen LogP contribution in [-0.4, -0.2) is 29.9 Å². The lowest BCUT2D eigenvalue weighted by atomic mass is 9.92. The second-order valence-electron chi connectivity index (χ2n) is 5.14. The topological polar surface area (TPSA) is 46.3 Å². The zero-order valence-electron chi connectivity index (χ0n) is 11.2. The summed E-state index contributed by atoms with van der Waals surface area (Å²) in [6, 6.07) is 2.24. The molecule has 3 nitrogen and oxygen atoms in total. The summed E-state index contributed by atoms with van der Waals surface area (Å²) in [5, 5.41) is 2.01. The monoisotopic (exact) mass is 266 g/mol. The SMILES string of the molecule is CCc1ccsc1C(=O)N1CCC[C@H]([C@H](C)N)C1. The van der Waals surface area contributed by atoms with Gasteiger partial charge in [0, 0.05) is 19.1 Å². The van der Waals surface area contributed by atoms with Crippen molar-refractivity contribution in [3.63, 3.8) is 0 Å². The number of carbonyl (C=O) groups is 1. The third kappa shape index (κ3) is 2.75. The van der Waals surface area contributed by atoms with Crippen molar-refractivity contribution >= 4 is 17.2 Å². The molecule has 1 amide bonds. The van der Waals surface area contributed by atoms with Gasteiger partial charge in [0.2, 0.25) is 0 Å². The highest BCUT2D eigenvalue weighted by Gasteiger charge is 2.27. The minimum Gasteiger partial charge on any atom is -0.338 e. The van der Waals surface area contributed by atoms with Crippen molar-refractivity contribution in [2.24, 2.45) is 11.7 Å². The lowest BCUT2D eigenvalue weighted by Gasteiger charge is -2.34. The Labute approximate surface area is 113 Å². The Hall–Kier alpha value is -0.870. The molecule has 2 heterocycles. The van der Waals surface area contributed by atoms with Gasteiger partial charge in [-0.2, -0.15) is 0 Å². The molecule has 18 heavy (non-hydrogen) atoms. The van der Waals surface area contributed by atoms with E-state index in [9.17, 15) is 4.79 Å². The van der Waals surface area contributed by atoms with E-state index >= 15 is 0 Å². The predicted molar refractivity (Wildman–Crippen MR) is 76.0 cm³/mol. The quantitative estimate of drug-likeness (QED) is 0.913. The number of hydrogen-bond donors (Lipinski definition) is 1. The first-order valence-electron chi connectivity index (χ1n) is 6.74. The van der Waals surface area contributed by atoms with Gasteiger partial charge in [0.1, 0.15) is 0 Å². The molecule has 1 aromatic rings. The van der Waals surface area contributed by atoms with Crippen LogP contribution >= 0.6 is 11.3 Å². The van der Waals surface area contributed by atoms with Gasteiger partial charge in [-0.3, -0.25) is 4.79 Å². The molecule has 0 aliphatic carbocycles. The first-order valence-corrected chi connectivity index (χ1v) is 7.62. The zero-order chi connectivity index (χ0) is 13.1. The number of nitrogens with two attached hydrogens (primary N) is 1. The summed E-state index contributed by atoms with van der Waals surface area (Å²) in [6.07, 6.45) is 3.15. The fraction of sp³-hybridized carbons (Fsp3) is 0.643. The van der Waals surface area contributed by atoms with Crippen LogP contribution in [-0.2, 0) is 6.42 Å². The molecule has 2 N–H and O–H groups in total. The van der Waals surface area contributed by atoms with E-state index in [2.05, 4.69) is 13.0 Å². The van der Waals surface area contributed by atoms with Crippen LogP contribution in [0.25, 0.3) is 0 Å². The molecule has 1 fully saturated rings. The van der Waals surface area contributed by atoms with Gasteiger partial charge >= 0.3 is 0 Å². The predicted octanol–water partition coefficient (Wildman–Crippen LogP) is 2.51. The van der Waals surface area contributed by atoms with Crippen molar-refractivity contribution in [2.75, 3.05) is 13.1 Å². The Morgan fingerprint density at radius 1 is 1.67 bits per heavy atom. The summed E-state index contributed by atoms with van der Waals surface area (Å²) < 4.78 is 0. The van der Waals surface area contributed by atoms with Crippen LogP contribution in [0, 0.1) is 5.92 Å². The number of amides is 1. The van der Waals surface area contributed by atoms with Gasteiger partial charge < -0.3 is 10.6 Å². The Morgan fingerprint density at radius 2 is 2.44 bits per heavy atom. The molecular formula is C14H22N2OS. The van der Waals surface area contributed by atoms with Crippen molar-refractivity contribution in [1.29, 1.82) is 0 Å². The van der Waals surface area contributed by atoms with E-state index in [0.29, 0.717) is 5.92 Å². The number of rotatable bonds is 3.